The normalized spacial score (nSPS) is 22.8. The van der Waals surface area contributed by atoms with Gasteiger partial charge in [0.1, 0.15) is 0 Å². The SMILES string of the molecule is CCCC1(C(=O)O)C=Cc2ccccc2C1. The highest BCUT2D eigenvalue weighted by molar-refractivity contribution is 5.81. The molecule has 1 unspecified atom stereocenters. The van der Waals surface area contributed by atoms with E-state index in [4.69, 9.17) is 0 Å². The Morgan fingerprint density at radius 2 is 2.19 bits per heavy atom. The highest BCUT2D eigenvalue weighted by Crippen LogP contribution is 2.36. The molecule has 0 amide bonds. The molecule has 2 rings (SSSR count). The fourth-order valence-corrected chi connectivity index (χ4v) is 2.38. The van der Waals surface area contributed by atoms with Crippen molar-refractivity contribution < 1.29 is 9.90 Å². The van der Waals surface area contributed by atoms with Gasteiger partial charge in [-0.1, -0.05) is 49.8 Å². The molecule has 1 aromatic carbocycles. The topological polar surface area (TPSA) is 37.3 Å². The van der Waals surface area contributed by atoms with Crippen LogP contribution in [-0.4, -0.2) is 11.1 Å². The van der Waals surface area contributed by atoms with E-state index in [9.17, 15) is 9.90 Å². The predicted octanol–water partition coefficient (Wildman–Crippen LogP) is 3.13. The van der Waals surface area contributed by atoms with Gasteiger partial charge in [-0.2, -0.15) is 0 Å². The third-order valence-electron chi connectivity index (χ3n) is 3.26. The smallest absolute Gasteiger partial charge is 0.313 e. The van der Waals surface area contributed by atoms with Gasteiger partial charge in [-0.3, -0.25) is 4.79 Å². The molecule has 0 radical (unpaired) electrons. The van der Waals surface area contributed by atoms with Gasteiger partial charge in [0.15, 0.2) is 0 Å². The second-order valence-electron chi connectivity index (χ2n) is 4.42. The standard InChI is InChI=1S/C14H16O2/c1-2-8-14(13(15)16)9-7-11-5-3-4-6-12(11)10-14/h3-7,9H,2,8,10H2,1H3,(H,15,16). The number of fused-ring (bicyclic) bond motifs is 1. The van der Waals surface area contributed by atoms with Crippen LogP contribution >= 0.6 is 0 Å². The minimum Gasteiger partial charge on any atom is -0.481 e. The van der Waals surface area contributed by atoms with Crippen molar-refractivity contribution in [3.8, 4) is 0 Å². The van der Waals surface area contributed by atoms with E-state index in [0.29, 0.717) is 12.8 Å². The summed E-state index contributed by atoms with van der Waals surface area (Å²) in [5, 5.41) is 9.39. The minimum atomic E-state index is -0.708. The molecule has 1 N–H and O–H groups in total. The maximum absolute atomic E-state index is 11.4. The lowest BCUT2D eigenvalue weighted by atomic mass is 9.73. The van der Waals surface area contributed by atoms with Crippen LogP contribution in [0.1, 0.15) is 30.9 Å². The Hall–Kier alpha value is -1.57. The molecule has 0 fully saturated rings. The monoisotopic (exact) mass is 216 g/mol. The first kappa shape index (κ1) is 10.9. The van der Waals surface area contributed by atoms with Gasteiger partial charge in [0, 0.05) is 0 Å². The van der Waals surface area contributed by atoms with E-state index >= 15 is 0 Å². The zero-order chi connectivity index (χ0) is 11.6. The molecule has 0 saturated heterocycles. The van der Waals surface area contributed by atoms with Gasteiger partial charge in [0.05, 0.1) is 5.41 Å². The number of rotatable bonds is 3. The molecule has 0 heterocycles. The third kappa shape index (κ3) is 1.75. The van der Waals surface area contributed by atoms with Crippen molar-refractivity contribution >= 4 is 12.0 Å². The van der Waals surface area contributed by atoms with Crippen LogP contribution < -0.4 is 0 Å². The van der Waals surface area contributed by atoms with Crippen molar-refractivity contribution in [2.24, 2.45) is 5.41 Å². The number of carboxylic acid groups (broad SMARTS) is 1. The molecule has 0 saturated carbocycles. The van der Waals surface area contributed by atoms with Crippen molar-refractivity contribution in [1.29, 1.82) is 0 Å². The van der Waals surface area contributed by atoms with Gasteiger partial charge in [-0.05, 0) is 24.0 Å². The summed E-state index contributed by atoms with van der Waals surface area (Å²) in [4.78, 5) is 11.4. The Morgan fingerprint density at radius 1 is 1.44 bits per heavy atom. The number of benzene rings is 1. The minimum absolute atomic E-state index is 0.614. The summed E-state index contributed by atoms with van der Waals surface area (Å²) in [5.74, 6) is -0.708. The van der Waals surface area contributed by atoms with Crippen LogP contribution in [0.2, 0.25) is 0 Å². The van der Waals surface area contributed by atoms with Gasteiger partial charge >= 0.3 is 5.97 Å². The van der Waals surface area contributed by atoms with Crippen molar-refractivity contribution in [3.05, 3.63) is 41.5 Å². The highest BCUT2D eigenvalue weighted by atomic mass is 16.4. The Balaban J connectivity index is 2.39. The van der Waals surface area contributed by atoms with Crippen LogP contribution in [0.5, 0.6) is 0 Å². The summed E-state index contributed by atoms with van der Waals surface area (Å²) >= 11 is 0. The lowest BCUT2D eigenvalue weighted by molar-refractivity contribution is -0.146. The summed E-state index contributed by atoms with van der Waals surface area (Å²) in [6.07, 6.45) is 6.01. The molecule has 2 nitrogen and oxygen atoms in total. The van der Waals surface area contributed by atoms with Gasteiger partial charge in [-0.25, -0.2) is 0 Å². The summed E-state index contributed by atoms with van der Waals surface area (Å²) in [6.45, 7) is 2.03. The van der Waals surface area contributed by atoms with Crippen molar-refractivity contribution in [2.75, 3.05) is 0 Å². The summed E-state index contributed by atoms with van der Waals surface area (Å²) in [5.41, 5.74) is 1.60. The van der Waals surface area contributed by atoms with Crippen molar-refractivity contribution in [2.45, 2.75) is 26.2 Å². The Bertz CT molecular complexity index is 434. The van der Waals surface area contributed by atoms with Crippen LogP contribution in [0.15, 0.2) is 30.3 Å². The van der Waals surface area contributed by atoms with Crippen molar-refractivity contribution in [3.63, 3.8) is 0 Å². The molecule has 16 heavy (non-hydrogen) atoms. The first-order valence-corrected chi connectivity index (χ1v) is 5.68. The zero-order valence-electron chi connectivity index (χ0n) is 9.44. The largest absolute Gasteiger partial charge is 0.481 e. The molecular weight excluding hydrogens is 200 g/mol. The highest BCUT2D eigenvalue weighted by Gasteiger charge is 2.37. The van der Waals surface area contributed by atoms with Crippen molar-refractivity contribution in [1.82, 2.24) is 0 Å². The molecule has 0 aliphatic heterocycles. The Kier molecular flexibility index (Phi) is 2.82. The van der Waals surface area contributed by atoms with Gasteiger partial charge in [0.25, 0.3) is 0 Å². The molecule has 0 spiro atoms. The molecule has 0 bridgehead atoms. The lowest BCUT2D eigenvalue weighted by Crippen LogP contribution is -2.33. The molecule has 0 aromatic heterocycles. The maximum Gasteiger partial charge on any atom is 0.313 e. The fourth-order valence-electron chi connectivity index (χ4n) is 2.38. The lowest BCUT2D eigenvalue weighted by Gasteiger charge is -2.29. The number of hydrogen-bond acceptors (Lipinski definition) is 1. The van der Waals surface area contributed by atoms with E-state index in [1.54, 1.807) is 0 Å². The predicted molar refractivity (Wildman–Crippen MR) is 64.2 cm³/mol. The summed E-state index contributed by atoms with van der Waals surface area (Å²) < 4.78 is 0. The first-order valence-electron chi connectivity index (χ1n) is 5.68. The molecule has 1 aromatic rings. The molecule has 2 heteroatoms. The Labute approximate surface area is 95.6 Å². The second kappa shape index (κ2) is 4.12. The number of hydrogen-bond donors (Lipinski definition) is 1. The molecule has 1 atom stereocenters. The summed E-state index contributed by atoms with van der Waals surface area (Å²) in [6, 6.07) is 8.00. The van der Waals surface area contributed by atoms with Gasteiger partial charge in [0.2, 0.25) is 0 Å². The van der Waals surface area contributed by atoms with Crippen LogP contribution in [0.25, 0.3) is 6.08 Å². The average molecular weight is 216 g/mol. The van der Waals surface area contributed by atoms with E-state index < -0.39 is 11.4 Å². The molecule has 84 valence electrons. The first-order chi connectivity index (χ1) is 7.68. The van der Waals surface area contributed by atoms with E-state index in [1.165, 1.54) is 0 Å². The van der Waals surface area contributed by atoms with Crippen LogP contribution in [0, 0.1) is 5.41 Å². The Morgan fingerprint density at radius 3 is 2.88 bits per heavy atom. The molecular formula is C14H16O2. The third-order valence-corrected chi connectivity index (χ3v) is 3.26. The van der Waals surface area contributed by atoms with Gasteiger partial charge in [-0.15, -0.1) is 0 Å². The number of carboxylic acids is 1. The van der Waals surface area contributed by atoms with E-state index in [0.717, 1.165) is 17.5 Å². The zero-order valence-corrected chi connectivity index (χ0v) is 9.44. The average Bonchev–Trinajstić information content (AvgIpc) is 2.29. The van der Waals surface area contributed by atoms with E-state index in [2.05, 4.69) is 0 Å². The second-order valence-corrected chi connectivity index (χ2v) is 4.42. The van der Waals surface area contributed by atoms with Crippen LogP contribution in [-0.2, 0) is 11.2 Å². The molecule has 1 aliphatic rings. The maximum atomic E-state index is 11.4. The van der Waals surface area contributed by atoms with Gasteiger partial charge < -0.3 is 5.11 Å². The summed E-state index contributed by atoms with van der Waals surface area (Å²) in [7, 11) is 0. The van der Waals surface area contributed by atoms with Crippen LogP contribution in [0.4, 0.5) is 0 Å². The number of carbonyl (C=O) groups is 1. The fraction of sp³-hybridized carbons (Fsp3) is 0.357. The van der Waals surface area contributed by atoms with E-state index in [-0.39, 0.29) is 0 Å². The number of aliphatic carboxylic acids is 1. The van der Waals surface area contributed by atoms with E-state index in [1.807, 2.05) is 43.3 Å². The quantitative estimate of drug-likeness (QED) is 0.842. The molecule has 1 aliphatic carbocycles. The van der Waals surface area contributed by atoms with Crippen LogP contribution in [0.3, 0.4) is 0 Å².